The zero-order valence-corrected chi connectivity index (χ0v) is 20.4. The third kappa shape index (κ3) is 5.58. The average Bonchev–Trinajstić information content (AvgIpc) is 2.93. The van der Waals surface area contributed by atoms with Crippen LogP contribution in [0.1, 0.15) is 18.9 Å². The van der Waals surface area contributed by atoms with E-state index in [0.29, 0.717) is 10.9 Å². The smallest absolute Gasteiger partial charge is 0.400 e. The molecule has 38 heavy (non-hydrogen) atoms. The molecular weight excluding hydrogens is 532 g/mol. The topological polar surface area (TPSA) is 80.2 Å². The molecule has 0 amide bonds. The molecule has 0 N–H and O–H groups in total. The van der Waals surface area contributed by atoms with Crippen LogP contribution in [-0.2, 0) is 16.1 Å². The molecule has 0 aliphatic rings. The highest BCUT2D eigenvalue weighted by molar-refractivity contribution is 7.34. The zero-order chi connectivity index (χ0) is 27.4. The van der Waals surface area contributed by atoms with Crippen molar-refractivity contribution in [1.29, 1.82) is 0 Å². The van der Waals surface area contributed by atoms with E-state index in [1.54, 1.807) is 43.3 Å². The highest BCUT2D eigenvalue weighted by Crippen LogP contribution is 2.44. The number of hydrogen-bond acceptors (Lipinski definition) is 6. The predicted molar refractivity (Wildman–Crippen MR) is 126 cm³/mol. The number of halogens is 5. The molecule has 12 heteroatoms. The second-order valence-corrected chi connectivity index (χ2v) is 8.55. The molecule has 0 aliphatic heterocycles. The van der Waals surface area contributed by atoms with Crippen molar-refractivity contribution in [1.82, 2.24) is 0 Å². The van der Waals surface area contributed by atoms with Crippen molar-refractivity contribution in [3.05, 3.63) is 95.3 Å². The number of fused-ring (bicyclic) bond motifs is 1. The Balaban J connectivity index is 1.75. The number of benzene rings is 4. The number of hydrogen-bond donors (Lipinski definition) is 0. The number of nitrogens with zero attached hydrogens (tertiary/aromatic N) is 1. The normalized spacial score (nSPS) is 11.5. The summed E-state index contributed by atoms with van der Waals surface area (Å²) in [4.78, 5) is 24.5. The molecular formula is C26H17F5NO5P. The Morgan fingerprint density at radius 3 is 2.18 bits per heavy atom. The van der Waals surface area contributed by atoms with E-state index in [2.05, 4.69) is 4.74 Å². The van der Waals surface area contributed by atoms with Crippen LogP contribution in [0.5, 0.6) is 17.2 Å². The monoisotopic (exact) mass is 549 g/mol. The third-order valence-electron chi connectivity index (χ3n) is 5.25. The van der Waals surface area contributed by atoms with E-state index in [0.717, 1.165) is 6.07 Å². The van der Waals surface area contributed by atoms with Gasteiger partial charge in [-0.15, -0.1) is 0 Å². The van der Waals surface area contributed by atoms with Crippen LogP contribution in [0.2, 0.25) is 0 Å². The van der Waals surface area contributed by atoms with E-state index in [1.165, 1.54) is 18.2 Å². The number of esters is 1. The van der Waals surface area contributed by atoms with E-state index in [4.69, 9.17) is 14.0 Å². The van der Waals surface area contributed by atoms with E-state index < -0.39 is 54.7 Å². The lowest BCUT2D eigenvalue weighted by Crippen LogP contribution is -2.05. The van der Waals surface area contributed by atoms with E-state index in [1.807, 2.05) is 0 Å². The Hall–Kier alpha value is -4.08. The average molecular weight is 549 g/mol. The van der Waals surface area contributed by atoms with Crippen LogP contribution in [0, 0.1) is 29.1 Å². The van der Waals surface area contributed by atoms with E-state index >= 15 is 0 Å². The van der Waals surface area contributed by atoms with Gasteiger partial charge in [0.1, 0.15) is 12.3 Å². The maximum atomic E-state index is 14.3. The van der Waals surface area contributed by atoms with Gasteiger partial charge in [-0.3, -0.25) is 9.32 Å². The Labute approximate surface area is 213 Å². The molecule has 0 spiro atoms. The summed E-state index contributed by atoms with van der Waals surface area (Å²) < 4.78 is 89.2. The SMILES string of the molecule is CCC(=O)OCc1ccccc1N=[P+]([O-])Oc1c(Oc2c(F)c(F)c(F)c(F)c2F)ccc2ccccc12. The molecule has 0 fully saturated rings. The first kappa shape index (κ1) is 27.0. The van der Waals surface area contributed by atoms with Gasteiger partial charge < -0.3 is 14.4 Å². The quantitative estimate of drug-likeness (QED) is 0.0755. The van der Waals surface area contributed by atoms with Gasteiger partial charge in [0.05, 0.1) is 0 Å². The fraction of sp³-hybridized carbons (Fsp3) is 0.115. The molecule has 4 aromatic rings. The van der Waals surface area contributed by atoms with Gasteiger partial charge in [0.15, 0.2) is 5.75 Å². The van der Waals surface area contributed by atoms with Crippen molar-refractivity contribution in [3.63, 3.8) is 0 Å². The summed E-state index contributed by atoms with van der Waals surface area (Å²) >= 11 is 0. The molecule has 1 atom stereocenters. The summed E-state index contributed by atoms with van der Waals surface area (Å²) in [5.41, 5.74) is 0.608. The summed E-state index contributed by atoms with van der Waals surface area (Å²) in [5, 5.41) is 0.792. The summed E-state index contributed by atoms with van der Waals surface area (Å²) in [7, 11) is -2.92. The minimum atomic E-state index is -2.92. The first-order chi connectivity index (χ1) is 18.2. The van der Waals surface area contributed by atoms with Crippen LogP contribution < -0.4 is 14.2 Å². The Kier molecular flexibility index (Phi) is 8.19. The summed E-state index contributed by atoms with van der Waals surface area (Å²) in [6.07, 6.45) is 0.156. The second kappa shape index (κ2) is 11.5. The molecule has 0 aromatic heterocycles. The standard InChI is InChI=1S/C26H17F5NO5P/c1-2-19(33)35-13-15-8-4-6-10-17(15)32-38(34)37-25-16-9-5-3-7-14(16)11-12-18(25)36-26-23(30)21(28)20(27)22(29)24(26)31/h3-12H,2,13H2,1H3. The number of ether oxygens (including phenoxy) is 2. The van der Waals surface area contributed by atoms with Gasteiger partial charge in [0, 0.05) is 17.4 Å². The van der Waals surface area contributed by atoms with Crippen LogP contribution in [0.25, 0.3) is 10.8 Å². The van der Waals surface area contributed by atoms with Crippen LogP contribution in [0.3, 0.4) is 0 Å². The minimum Gasteiger partial charge on any atom is -0.575 e. The molecule has 0 bridgehead atoms. The zero-order valence-electron chi connectivity index (χ0n) is 19.5. The van der Waals surface area contributed by atoms with Gasteiger partial charge in [-0.1, -0.05) is 55.5 Å². The molecule has 0 saturated carbocycles. The molecule has 0 aliphatic carbocycles. The lowest BCUT2D eigenvalue weighted by Gasteiger charge is -2.13. The van der Waals surface area contributed by atoms with E-state index in [9.17, 15) is 31.6 Å². The van der Waals surface area contributed by atoms with Gasteiger partial charge in [0.2, 0.25) is 40.6 Å². The van der Waals surface area contributed by atoms with Crippen molar-refractivity contribution >= 4 is 30.6 Å². The molecule has 196 valence electrons. The molecule has 0 saturated heterocycles. The summed E-state index contributed by atoms with van der Waals surface area (Å²) in [6.45, 7) is 1.48. The third-order valence-corrected chi connectivity index (χ3v) is 5.97. The fourth-order valence-corrected chi connectivity index (χ4v) is 4.12. The van der Waals surface area contributed by atoms with Crippen molar-refractivity contribution in [2.45, 2.75) is 20.0 Å². The lowest BCUT2D eigenvalue weighted by molar-refractivity contribution is -0.168. The van der Waals surface area contributed by atoms with Gasteiger partial charge >= 0.3 is 14.1 Å². The highest BCUT2D eigenvalue weighted by Gasteiger charge is 2.29. The van der Waals surface area contributed by atoms with Crippen LogP contribution in [0.4, 0.5) is 27.6 Å². The summed E-state index contributed by atoms with van der Waals surface area (Å²) in [5.74, 6) is -13.9. The van der Waals surface area contributed by atoms with Crippen molar-refractivity contribution in [3.8, 4) is 17.2 Å². The Morgan fingerprint density at radius 1 is 0.842 bits per heavy atom. The first-order valence-electron chi connectivity index (χ1n) is 11.0. The Bertz CT molecular complexity index is 1530. The first-order valence-corrected chi connectivity index (χ1v) is 12.2. The number of carbonyl (C=O) groups is 1. The van der Waals surface area contributed by atoms with Crippen LogP contribution >= 0.6 is 8.17 Å². The lowest BCUT2D eigenvalue weighted by atomic mass is 10.1. The molecule has 6 nitrogen and oxygen atoms in total. The van der Waals surface area contributed by atoms with Crippen LogP contribution in [-0.4, -0.2) is 5.97 Å². The van der Waals surface area contributed by atoms with Gasteiger partial charge in [-0.05, 0) is 22.3 Å². The Morgan fingerprint density at radius 2 is 1.47 bits per heavy atom. The van der Waals surface area contributed by atoms with E-state index in [-0.39, 0.29) is 29.9 Å². The van der Waals surface area contributed by atoms with Gasteiger partial charge in [0.25, 0.3) is 0 Å². The van der Waals surface area contributed by atoms with Crippen molar-refractivity contribution < 1.29 is 45.6 Å². The van der Waals surface area contributed by atoms with Crippen LogP contribution in [0.15, 0.2) is 65.4 Å². The van der Waals surface area contributed by atoms with Gasteiger partial charge in [-0.2, -0.15) is 8.78 Å². The molecule has 1 unspecified atom stereocenters. The highest BCUT2D eigenvalue weighted by atomic mass is 31.1. The summed E-state index contributed by atoms with van der Waals surface area (Å²) in [6, 6.07) is 15.4. The number of rotatable bonds is 8. The maximum Gasteiger partial charge on any atom is 0.400 e. The van der Waals surface area contributed by atoms with Gasteiger partial charge in [-0.25, -0.2) is 13.2 Å². The molecule has 4 rings (SSSR count). The van der Waals surface area contributed by atoms with Crippen molar-refractivity contribution in [2.75, 3.05) is 0 Å². The number of carbonyl (C=O) groups excluding carboxylic acids is 1. The second-order valence-electron chi connectivity index (χ2n) is 7.69. The minimum absolute atomic E-state index is 0.140. The molecule has 0 heterocycles. The molecule has 4 aromatic carbocycles. The fourth-order valence-electron chi connectivity index (χ4n) is 3.36. The largest absolute Gasteiger partial charge is 0.575 e. The van der Waals surface area contributed by atoms with Crippen molar-refractivity contribution in [2.24, 2.45) is 4.74 Å². The molecule has 0 radical (unpaired) electrons. The predicted octanol–water partition coefficient (Wildman–Crippen LogP) is 7.35. The maximum absolute atomic E-state index is 14.3.